The molecule has 0 fully saturated rings. The third-order valence-electron chi connectivity index (χ3n) is 3.10. The Kier molecular flexibility index (Phi) is 3.25. The van der Waals surface area contributed by atoms with Gasteiger partial charge in [-0.2, -0.15) is 5.26 Å². The minimum atomic E-state index is 0.148. The summed E-state index contributed by atoms with van der Waals surface area (Å²) in [7, 11) is 0. The highest BCUT2D eigenvalue weighted by Gasteiger charge is 2.03. The highest BCUT2D eigenvalue weighted by molar-refractivity contribution is 5.89. The number of aromatic nitrogens is 1. The van der Waals surface area contributed by atoms with Crippen LogP contribution >= 0.6 is 0 Å². The summed E-state index contributed by atoms with van der Waals surface area (Å²) in [6, 6.07) is 16.2. The smallest absolute Gasteiger partial charge is 0.141 e. The minimum Gasteiger partial charge on any atom is -0.506 e. The second-order valence-electron chi connectivity index (χ2n) is 4.47. The SMILES string of the molecule is N#Cc1ccc(C#Cc2ccc(O)c3ncccc23)cc1. The van der Waals surface area contributed by atoms with Gasteiger partial charge in [0.25, 0.3) is 0 Å². The van der Waals surface area contributed by atoms with Crippen molar-refractivity contribution in [3.63, 3.8) is 0 Å². The number of aromatic hydroxyl groups is 1. The lowest BCUT2D eigenvalue weighted by molar-refractivity contribution is 0.480. The maximum absolute atomic E-state index is 9.80. The molecule has 3 rings (SSSR count). The van der Waals surface area contributed by atoms with Crippen molar-refractivity contribution in [1.82, 2.24) is 4.98 Å². The van der Waals surface area contributed by atoms with E-state index in [0.29, 0.717) is 11.1 Å². The highest BCUT2D eigenvalue weighted by atomic mass is 16.3. The summed E-state index contributed by atoms with van der Waals surface area (Å²) in [5.41, 5.74) is 2.79. The third kappa shape index (κ3) is 2.54. The monoisotopic (exact) mass is 270 g/mol. The number of rotatable bonds is 0. The summed E-state index contributed by atoms with van der Waals surface area (Å²) in [5, 5.41) is 19.4. The quantitative estimate of drug-likeness (QED) is 0.638. The molecular weight excluding hydrogens is 260 g/mol. The molecule has 0 aliphatic rings. The van der Waals surface area contributed by atoms with E-state index < -0.39 is 0 Å². The molecule has 21 heavy (non-hydrogen) atoms. The fraction of sp³-hybridized carbons (Fsp3) is 0. The van der Waals surface area contributed by atoms with Gasteiger partial charge in [-0.05, 0) is 48.5 Å². The fourth-order valence-electron chi connectivity index (χ4n) is 2.03. The predicted octanol–water partition coefficient (Wildman–Crippen LogP) is 3.21. The molecule has 2 aromatic carbocycles. The summed E-state index contributed by atoms with van der Waals surface area (Å²) >= 11 is 0. The van der Waals surface area contributed by atoms with Crippen molar-refractivity contribution in [1.29, 1.82) is 5.26 Å². The lowest BCUT2D eigenvalue weighted by Gasteiger charge is -2.01. The van der Waals surface area contributed by atoms with E-state index in [4.69, 9.17) is 5.26 Å². The van der Waals surface area contributed by atoms with Crippen LogP contribution in [0.3, 0.4) is 0 Å². The summed E-state index contributed by atoms with van der Waals surface area (Å²) < 4.78 is 0. The zero-order valence-corrected chi connectivity index (χ0v) is 11.0. The van der Waals surface area contributed by atoms with Gasteiger partial charge in [0.1, 0.15) is 11.3 Å². The summed E-state index contributed by atoms with van der Waals surface area (Å²) in [6.45, 7) is 0. The molecule has 0 saturated heterocycles. The zero-order chi connectivity index (χ0) is 14.7. The number of phenols is 1. The lowest BCUT2D eigenvalue weighted by Crippen LogP contribution is -1.84. The van der Waals surface area contributed by atoms with Crippen molar-refractivity contribution in [3.8, 4) is 23.7 Å². The second kappa shape index (κ2) is 5.36. The molecule has 98 valence electrons. The van der Waals surface area contributed by atoms with E-state index in [0.717, 1.165) is 16.5 Å². The van der Waals surface area contributed by atoms with Crippen molar-refractivity contribution < 1.29 is 5.11 Å². The van der Waals surface area contributed by atoms with E-state index in [1.807, 2.05) is 24.3 Å². The molecule has 0 radical (unpaired) electrons. The molecule has 1 heterocycles. The molecule has 0 amide bonds. The van der Waals surface area contributed by atoms with Crippen molar-refractivity contribution >= 4 is 10.9 Å². The Hall–Kier alpha value is -3.30. The summed E-state index contributed by atoms with van der Waals surface area (Å²) in [4.78, 5) is 4.17. The van der Waals surface area contributed by atoms with Crippen molar-refractivity contribution in [3.05, 3.63) is 71.4 Å². The predicted molar refractivity (Wildman–Crippen MR) is 80.5 cm³/mol. The van der Waals surface area contributed by atoms with Crippen LogP contribution in [-0.2, 0) is 0 Å². The Labute approximate surface area is 122 Å². The van der Waals surface area contributed by atoms with Gasteiger partial charge < -0.3 is 5.11 Å². The van der Waals surface area contributed by atoms with Gasteiger partial charge in [-0.1, -0.05) is 11.8 Å². The minimum absolute atomic E-state index is 0.148. The number of pyridine rings is 1. The van der Waals surface area contributed by atoms with Crippen molar-refractivity contribution in [2.45, 2.75) is 0 Å². The molecule has 1 aromatic heterocycles. The van der Waals surface area contributed by atoms with Crippen molar-refractivity contribution in [2.24, 2.45) is 0 Å². The van der Waals surface area contributed by atoms with Gasteiger partial charge in [0.2, 0.25) is 0 Å². The number of phenolic OH excluding ortho intramolecular Hbond substituents is 1. The summed E-state index contributed by atoms with van der Waals surface area (Å²) in [6.07, 6.45) is 1.64. The molecule has 0 atom stereocenters. The van der Waals surface area contributed by atoms with Gasteiger partial charge in [0, 0.05) is 22.7 Å². The molecule has 0 unspecified atom stereocenters. The Morgan fingerprint density at radius 3 is 2.43 bits per heavy atom. The van der Waals surface area contributed by atoms with Gasteiger partial charge in [0.05, 0.1) is 11.6 Å². The molecular formula is C18H10N2O. The Morgan fingerprint density at radius 1 is 0.905 bits per heavy atom. The highest BCUT2D eigenvalue weighted by Crippen LogP contribution is 2.24. The van der Waals surface area contributed by atoms with Gasteiger partial charge in [0.15, 0.2) is 0 Å². The van der Waals surface area contributed by atoms with Gasteiger partial charge in [-0.15, -0.1) is 0 Å². The largest absolute Gasteiger partial charge is 0.506 e. The van der Waals surface area contributed by atoms with Crippen molar-refractivity contribution in [2.75, 3.05) is 0 Å². The standard InChI is InChI=1S/C18H10N2O/c19-12-14-5-3-13(4-6-14)7-8-15-9-10-17(21)18-16(15)2-1-11-20-18/h1-6,9-11,21H. The molecule has 0 spiro atoms. The molecule has 3 aromatic rings. The van der Waals surface area contributed by atoms with Crippen LogP contribution in [-0.4, -0.2) is 10.1 Å². The van der Waals surface area contributed by atoms with Crippen LogP contribution in [0.25, 0.3) is 10.9 Å². The number of nitriles is 1. The van der Waals surface area contributed by atoms with E-state index in [-0.39, 0.29) is 5.75 Å². The van der Waals surface area contributed by atoms with Crippen LogP contribution < -0.4 is 0 Å². The third-order valence-corrected chi connectivity index (χ3v) is 3.10. The number of hydrogen-bond donors (Lipinski definition) is 1. The molecule has 3 nitrogen and oxygen atoms in total. The van der Waals surface area contributed by atoms with E-state index in [1.165, 1.54) is 0 Å². The fourth-order valence-corrected chi connectivity index (χ4v) is 2.03. The average molecular weight is 270 g/mol. The van der Waals surface area contributed by atoms with Gasteiger partial charge in [-0.25, -0.2) is 0 Å². The first-order valence-corrected chi connectivity index (χ1v) is 6.37. The van der Waals surface area contributed by atoms with E-state index >= 15 is 0 Å². The van der Waals surface area contributed by atoms with Crippen LogP contribution in [0.5, 0.6) is 5.75 Å². The zero-order valence-electron chi connectivity index (χ0n) is 11.0. The number of nitrogens with zero attached hydrogens (tertiary/aromatic N) is 2. The Bertz CT molecular complexity index is 910. The topological polar surface area (TPSA) is 56.9 Å². The first kappa shape index (κ1) is 12.7. The van der Waals surface area contributed by atoms with E-state index in [9.17, 15) is 5.11 Å². The van der Waals surface area contributed by atoms with E-state index in [1.54, 1.807) is 30.5 Å². The molecule has 0 aliphatic heterocycles. The maximum Gasteiger partial charge on any atom is 0.141 e. The molecule has 1 N–H and O–H groups in total. The van der Waals surface area contributed by atoms with Gasteiger partial charge >= 0.3 is 0 Å². The normalized spacial score (nSPS) is 9.67. The van der Waals surface area contributed by atoms with Gasteiger partial charge in [-0.3, -0.25) is 4.98 Å². The lowest BCUT2D eigenvalue weighted by atomic mass is 10.1. The molecule has 0 saturated carbocycles. The van der Waals surface area contributed by atoms with Crippen LogP contribution in [0.4, 0.5) is 0 Å². The summed E-state index contributed by atoms with van der Waals surface area (Å²) in [5.74, 6) is 6.29. The van der Waals surface area contributed by atoms with E-state index in [2.05, 4.69) is 22.9 Å². The van der Waals surface area contributed by atoms with Crippen LogP contribution in [0.1, 0.15) is 16.7 Å². The average Bonchev–Trinajstić information content (AvgIpc) is 2.55. The first-order valence-electron chi connectivity index (χ1n) is 6.37. The maximum atomic E-state index is 9.80. The number of fused-ring (bicyclic) bond motifs is 1. The second-order valence-corrected chi connectivity index (χ2v) is 4.47. The molecule has 0 aliphatic carbocycles. The Morgan fingerprint density at radius 2 is 1.67 bits per heavy atom. The first-order chi connectivity index (χ1) is 10.3. The Balaban J connectivity index is 2.05. The molecule has 3 heteroatoms. The number of benzene rings is 2. The van der Waals surface area contributed by atoms with Crippen LogP contribution in [0, 0.1) is 23.2 Å². The number of hydrogen-bond acceptors (Lipinski definition) is 3. The molecule has 0 bridgehead atoms. The van der Waals surface area contributed by atoms with Crippen LogP contribution in [0.15, 0.2) is 54.7 Å². The van der Waals surface area contributed by atoms with Crippen LogP contribution in [0.2, 0.25) is 0 Å².